The number of methoxy groups -OCH3 is 1. The summed E-state index contributed by atoms with van der Waals surface area (Å²) >= 11 is 0. The quantitative estimate of drug-likeness (QED) is 0.721. The van der Waals surface area contributed by atoms with Crippen molar-refractivity contribution in [2.75, 3.05) is 7.11 Å². The highest BCUT2D eigenvalue weighted by atomic mass is 16.5. The highest BCUT2D eigenvalue weighted by molar-refractivity contribution is 5.32. The normalized spacial score (nSPS) is 10.4. The Labute approximate surface area is 118 Å². The Balaban J connectivity index is 1.77. The van der Waals surface area contributed by atoms with Gasteiger partial charge in [-0.15, -0.1) is 0 Å². The molecule has 1 heterocycles. The van der Waals surface area contributed by atoms with Gasteiger partial charge in [-0.3, -0.25) is 0 Å². The molecule has 0 fully saturated rings. The van der Waals surface area contributed by atoms with Crippen molar-refractivity contribution >= 4 is 0 Å². The zero-order chi connectivity index (χ0) is 13.8. The van der Waals surface area contributed by atoms with Crippen LogP contribution in [0.15, 0.2) is 66.9 Å². The number of hydrogen-bond acceptors (Lipinski definition) is 2. The summed E-state index contributed by atoms with van der Waals surface area (Å²) < 4.78 is 7.06. The van der Waals surface area contributed by atoms with Gasteiger partial charge in [0.2, 0.25) is 0 Å². The molecule has 0 aliphatic rings. The topological polar surface area (TPSA) is 27.1 Å². The Morgan fingerprint density at radius 1 is 0.950 bits per heavy atom. The summed E-state index contributed by atoms with van der Waals surface area (Å²) in [6, 6.07) is 20.3. The average molecular weight is 264 g/mol. The number of rotatable bonds is 4. The first kappa shape index (κ1) is 12.5. The molecule has 1 aromatic heterocycles. The van der Waals surface area contributed by atoms with Gasteiger partial charge in [0.1, 0.15) is 5.75 Å². The molecule has 0 aliphatic carbocycles. The van der Waals surface area contributed by atoms with Crippen LogP contribution < -0.4 is 4.74 Å². The summed E-state index contributed by atoms with van der Waals surface area (Å²) in [6.45, 7) is 0. The van der Waals surface area contributed by atoms with E-state index in [0.717, 1.165) is 23.6 Å². The van der Waals surface area contributed by atoms with E-state index in [4.69, 9.17) is 4.74 Å². The molecule has 2 aromatic carbocycles. The standard InChI is InChI=1S/C17H16N2O/c1-20-17-9-7-14(8-10-17)13-15-11-12-19(18-15)16-5-3-2-4-6-16/h2-12H,13H2,1H3. The van der Waals surface area contributed by atoms with Crippen molar-refractivity contribution in [1.82, 2.24) is 9.78 Å². The first-order chi connectivity index (χ1) is 9.85. The van der Waals surface area contributed by atoms with E-state index in [0.29, 0.717) is 0 Å². The first-order valence-corrected chi connectivity index (χ1v) is 6.58. The fraction of sp³-hybridized carbons (Fsp3) is 0.118. The van der Waals surface area contributed by atoms with Crippen LogP contribution in [0, 0.1) is 0 Å². The maximum atomic E-state index is 5.16. The second kappa shape index (κ2) is 5.61. The van der Waals surface area contributed by atoms with Crippen molar-refractivity contribution in [3.63, 3.8) is 0 Å². The predicted molar refractivity (Wildman–Crippen MR) is 79.4 cm³/mol. The Bertz CT molecular complexity index is 672. The zero-order valence-corrected chi connectivity index (χ0v) is 11.4. The van der Waals surface area contributed by atoms with Crippen LogP contribution in [0.4, 0.5) is 0 Å². The molecule has 3 heteroatoms. The third kappa shape index (κ3) is 2.72. The van der Waals surface area contributed by atoms with Crippen molar-refractivity contribution in [1.29, 1.82) is 0 Å². The maximum Gasteiger partial charge on any atom is 0.118 e. The van der Waals surface area contributed by atoms with Crippen molar-refractivity contribution in [2.24, 2.45) is 0 Å². The zero-order valence-electron chi connectivity index (χ0n) is 11.4. The molecule has 0 amide bonds. The van der Waals surface area contributed by atoms with Crippen LogP contribution in [-0.2, 0) is 6.42 Å². The van der Waals surface area contributed by atoms with E-state index < -0.39 is 0 Å². The Morgan fingerprint density at radius 2 is 1.70 bits per heavy atom. The van der Waals surface area contributed by atoms with Gasteiger partial charge in [-0.2, -0.15) is 5.10 Å². The van der Waals surface area contributed by atoms with Crippen LogP contribution >= 0.6 is 0 Å². The van der Waals surface area contributed by atoms with E-state index in [2.05, 4.69) is 23.3 Å². The Morgan fingerprint density at radius 3 is 2.40 bits per heavy atom. The van der Waals surface area contributed by atoms with Gasteiger partial charge in [0.05, 0.1) is 18.5 Å². The molecule has 0 spiro atoms. The minimum atomic E-state index is 0.823. The van der Waals surface area contributed by atoms with Gasteiger partial charge in [0, 0.05) is 12.6 Å². The molecule has 3 nitrogen and oxygen atoms in total. The lowest BCUT2D eigenvalue weighted by Gasteiger charge is -2.02. The van der Waals surface area contributed by atoms with E-state index in [1.165, 1.54) is 5.56 Å². The number of hydrogen-bond donors (Lipinski definition) is 0. The number of nitrogens with zero attached hydrogens (tertiary/aromatic N) is 2. The molecule has 0 bridgehead atoms. The molecule has 0 atom stereocenters. The van der Waals surface area contributed by atoms with Crippen LogP contribution in [0.5, 0.6) is 5.75 Å². The summed E-state index contributed by atoms with van der Waals surface area (Å²) in [5.41, 5.74) is 3.36. The predicted octanol–water partition coefficient (Wildman–Crippen LogP) is 3.47. The number of benzene rings is 2. The molecule has 3 aromatic rings. The van der Waals surface area contributed by atoms with E-state index in [1.807, 2.05) is 53.3 Å². The lowest BCUT2D eigenvalue weighted by atomic mass is 10.1. The van der Waals surface area contributed by atoms with E-state index >= 15 is 0 Å². The van der Waals surface area contributed by atoms with Gasteiger partial charge >= 0.3 is 0 Å². The van der Waals surface area contributed by atoms with Crippen LogP contribution in [0.2, 0.25) is 0 Å². The lowest BCUT2D eigenvalue weighted by molar-refractivity contribution is 0.414. The fourth-order valence-corrected chi connectivity index (χ4v) is 2.13. The van der Waals surface area contributed by atoms with Crippen LogP contribution in [0.1, 0.15) is 11.3 Å². The van der Waals surface area contributed by atoms with Gasteiger partial charge in [-0.1, -0.05) is 30.3 Å². The van der Waals surface area contributed by atoms with Crippen molar-refractivity contribution < 1.29 is 4.74 Å². The molecule has 0 radical (unpaired) electrons. The third-order valence-electron chi connectivity index (χ3n) is 3.21. The second-order valence-corrected chi connectivity index (χ2v) is 4.61. The molecule has 3 rings (SSSR count). The SMILES string of the molecule is COc1ccc(Cc2ccn(-c3ccccc3)n2)cc1. The first-order valence-electron chi connectivity index (χ1n) is 6.58. The molecule has 0 unspecified atom stereocenters. The third-order valence-corrected chi connectivity index (χ3v) is 3.21. The summed E-state index contributed by atoms with van der Waals surface area (Å²) in [5.74, 6) is 0.878. The lowest BCUT2D eigenvalue weighted by Crippen LogP contribution is -1.96. The monoisotopic (exact) mass is 264 g/mol. The highest BCUT2D eigenvalue weighted by Gasteiger charge is 2.02. The van der Waals surface area contributed by atoms with E-state index in [1.54, 1.807) is 7.11 Å². The molecular formula is C17H16N2O. The van der Waals surface area contributed by atoms with Gasteiger partial charge in [-0.25, -0.2) is 4.68 Å². The van der Waals surface area contributed by atoms with Crippen LogP contribution in [-0.4, -0.2) is 16.9 Å². The van der Waals surface area contributed by atoms with E-state index in [9.17, 15) is 0 Å². The van der Waals surface area contributed by atoms with Crippen LogP contribution in [0.3, 0.4) is 0 Å². The van der Waals surface area contributed by atoms with Crippen LogP contribution in [0.25, 0.3) is 5.69 Å². The largest absolute Gasteiger partial charge is 0.497 e. The van der Waals surface area contributed by atoms with Crippen molar-refractivity contribution in [2.45, 2.75) is 6.42 Å². The summed E-state index contributed by atoms with van der Waals surface area (Å²) in [6.07, 6.45) is 2.82. The Hall–Kier alpha value is -2.55. The molecule has 0 saturated heterocycles. The number of para-hydroxylation sites is 1. The second-order valence-electron chi connectivity index (χ2n) is 4.61. The summed E-state index contributed by atoms with van der Waals surface area (Å²) in [7, 11) is 1.68. The molecule has 20 heavy (non-hydrogen) atoms. The van der Waals surface area contributed by atoms with Crippen molar-refractivity contribution in [3.05, 3.63) is 78.1 Å². The number of aromatic nitrogens is 2. The molecule has 0 N–H and O–H groups in total. The summed E-state index contributed by atoms with van der Waals surface area (Å²) in [4.78, 5) is 0. The van der Waals surface area contributed by atoms with Gasteiger partial charge in [-0.05, 0) is 35.9 Å². The molecular weight excluding hydrogens is 248 g/mol. The highest BCUT2D eigenvalue weighted by Crippen LogP contribution is 2.15. The smallest absolute Gasteiger partial charge is 0.118 e. The summed E-state index contributed by atoms with van der Waals surface area (Å²) in [5, 5.41) is 4.60. The van der Waals surface area contributed by atoms with Gasteiger partial charge < -0.3 is 4.74 Å². The maximum absolute atomic E-state index is 5.16. The van der Waals surface area contributed by atoms with E-state index in [-0.39, 0.29) is 0 Å². The average Bonchev–Trinajstić information content (AvgIpc) is 2.97. The molecule has 100 valence electrons. The Kier molecular flexibility index (Phi) is 3.50. The minimum Gasteiger partial charge on any atom is -0.497 e. The minimum absolute atomic E-state index is 0.823. The van der Waals surface area contributed by atoms with Gasteiger partial charge in [0.15, 0.2) is 0 Å². The van der Waals surface area contributed by atoms with Gasteiger partial charge in [0.25, 0.3) is 0 Å². The fourth-order valence-electron chi connectivity index (χ4n) is 2.13. The number of ether oxygens (including phenoxy) is 1. The molecule has 0 aliphatic heterocycles. The molecule has 0 saturated carbocycles. The van der Waals surface area contributed by atoms with Crippen molar-refractivity contribution in [3.8, 4) is 11.4 Å².